The normalized spacial score (nSPS) is 14.5. The van der Waals surface area contributed by atoms with E-state index in [1.54, 1.807) is 0 Å². The Hall–Kier alpha value is -4.31. The van der Waals surface area contributed by atoms with Crippen LogP contribution in [-0.4, -0.2) is 95.9 Å². The van der Waals surface area contributed by atoms with Gasteiger partial charge < -0.3 is 34.2 Å². The molecule has 0 spiro atoms. The molecule has 0 amide bonds. The summed E-state index contributed by atoms with van der Waals surface area (Å²) >= 11 is 0. The maximum Gasteiger partial charge on any atom is 0.472 e. The summed E-state index contributed by atoms with van der Waals surface area (Å²) < 4.78 is 61.3. The number of allylic oxidation sites excluding steroid dienone is 22. The molecule has 0 bridgehead atoms. The minimum Gasteiger partial charge on any atom is -0.463 e. The molecule has 0 saturated carbocycles. The second-order valence-corrected chi connectivity index (χ2v) is 31.8. The Morgan fingerprint density at radius 2 is 0.486 bits per heavy atom. The zero-order valence-electron chi connectivity index (χ0n) is 68.9. The SMILES string of the molecule is CC/C=C\C/C=C\C/C=C\C/C=C\C/C=C\C/C=C\CCCCCCCCCCCCCCC(=O)OCC(O)COP(=O)(O)OCC(O)COP(=O)(O)OCC(COC(=O)CCCCCCCCCCCCC/C=C\C/C=C\C/C=C\C/C=C\C/C=C\CC)OC(=O)CCCCCCCCCCCCCCCCC. The van der Waals surface area contributed by atoms with Crippen LogP contribution in [0.3, 0.4) is 0 Å². The summed E-state index contributed by atoms with van der Waals surface area (Å²) in [6.07, 6.45) is 102. The standard InChI is InChI=1S/C91H158O16P2/c1-4-7-10-13-16-19-22-25-28-30-32-34-36-38-40-41-42-43-45-47-48-50-52-54-57-59-62-65-68-71-74-77-89(94)101-80-86(92)81-103-108(97,98)104-82-87(93)83-105-109(99,100)106-85-88(107-91(96)79-76-73-70-67-64-61-56-27-24-21-18-15-12-9-6-3)84-102-90(95)78-75-72-69-66-63-60-58-55-53-51-49-46-44-39-37-35-33-31-29-26-23-20-17-14-11-8-5-2/h7-8,10-11,16-17,19-20,25-26,28-29,32-35,38-40,42-44,86-88,92-93H,4-6,9,12-15,18,21-24,27,30-31,36-37,41,45-85H2,1-3H3,(H,97,98)(H,99,100)/b10-7-,11-8-,19-16-,20-17-,28-25-,29-26-,34-32-,35-33-,40-38-,43-42-,44-39-. The highest BCUT2D eigenvalue weighted by Gasteiger charge is 2.29. The molecule has 16 nitrogen and oxygen atoms in total. The molecule has 0 radical (unpaired) electrons. The van der Waals surface area contributed by atoms with Gasteiger partial charge in [-0.15, -0.1) is 0 Å². The van der Waals surface area contributed by atoms with Gasteiger partial charge in [-0.1, -0.05) is 366 Å². The number of aliphatic hydroxyl groups excluding tert-OH is 2. The molecule has 0 aliphatic carbocycles. The largest absolute Gasteiger partial charge is 0.472 e. The number of hydrogen-bond donors (Lipinski definition) is 4. The van der Waals surface area contributed by atoms with Crippen LogP contribution in [0.5, 0.6) is 0 Å². The number of ether oxygens (including phenoxy) is 3. The van der Waals surface area contributed by atoms with Crippen LogP contribution in [0.2, 0.25) is 0 Å². The molecule has 0 rings (SSSR count). The van der Waals surface area contributed by atoms with Gasteiger partial charge in [0, 0.05) is 19.3 Å². The smallest absolute Gasteiger partial charge is 0.463 e. The van der Waals surface area contributed by atoms with Gasteiger partial charge in [0.1, 0.15) is 25.4 Å². The predicted molar refractivity (Wildman–Crippen MR) is 454 cm³/mol. The van der Waals surface area contributed by atoms with Crippen LogP contribution in [0.15, 0.2) is 134 Å². The van der Waals surface area contributed by atoms with E-state index < -0.39 is 91.5 Å². The third-order valence-electron chi connectivity index (χ3n) is 18.4. The average molecular weight is 1570 g/mol. The molecule has 628 valence electrons. The van der Waals surface area contributed by atoms with Crippen molar-refractivity contribution in [3.8, 4) is 0 Å². The number of esters is 3. The summed E-state index contributed by atoms with van der Waals surface area (Å²) in [6, 6.07) is 0. The van der Waals surface area contributed by atoms with Crippen molar-refractivity contribution in [1.82, 2.24) is 0 Å². The summed E-state index contributed by atoms with van der Waals surface area (Å²) in [7, 11) is -9.79. The Morgan fingerprint density at radius 3 is 0.771 bits per heavy atom. The topological polar surface area (TPSA) is 231 Å². The minimum atomic E-state index is -4.93. The predicted octanol–water partition coefficient (Wildman–Crippen LogP) is 26.2. The van der Waals surface area contributed by atoms with Gasteiger partial charge in [-0.3, -0.25) is 32.5 Å². The lowest BCUT2D eigenvalue weighted by molar-refractivity contribution is -0.161. The Morgan fingerprint density at radius 1 is 0.266 bits per heavy atom. The number of carbonyl (C=O) groups excluding carboxylic acids is 3. The van der Waals surface area contributed by atoms with Gasteiger partial charge in [0.25, 0.3) is 0 Å². The van der Waals surface area contributed by atoms with E-state index in [9.17, 15) is 43.5 Å². The fraction of sp³-hybridized carbons (Fsp3) is 0.725. The molecule has 5 atom stereocenters. The van der Waals surface area contributed by atoms with Crippen molar-refractivity contribution in [2.45, 2.75) is 386 Å². The average Bonchev–Trinajstić information content (AvgIpc) is 0.940. The van der Waals surface area contributed by atoms with Crippen LogP contribution in [0.1, 0.15) is 367 Å². The molecule has 18 heteroatoms. The third kappa shape index (κ3) is 84.4. The van der Waals surface area contributed by atoms with E-state index in [-0.39, 0.29) is 19.3 Å². The highest BCUT2D eigenvalue weighted by atomic mass is 31.2. The lowest BCUT2D eigenvalue weighted by Gasteiger charge is -2.21. The van der Waals surface area contributed by atoms with Crippen LogP contribution in [0.4, 0.5) is 0 Å². The molecule has 0 aromatic heterocycles. The maximum absolute atomic E-state index is 13.0. The van der Waals surface area contributed by atoms with Crippen molar-refractivity contribution < 1.29 is 75.8 Å². The quantitative estimate of drug-likeness (QED) is 0.0146. The first kappa shape index (κ1) is 105. The first-order valence-corrected chi connectivity index (χ1v) is 46.5. The van der Waals surface area contributed by atoms with Crippen molar-refractivity contribution in [2.24, 2.45) is 0 Å². The van der Waals surface area contributed by atoms with Gasteiger partial charge in [-0.25, -0.2) is 9.13 Å². The third-order valence-corrected chi connectivity index (χ3v) is 20.3. The van der Waals surface area contributed by atoms with E-state index >= 15 is 0 Å². The zero-order valence-corrected chi connectivity index (χ0v) is 70.7. The first-order valence-electron chi connectivity index (χ1n) is 43.5. The number of hydrogen-bond acceptors (Lipinski definition) is 14. The molecular formula is C91H158O16P2. The molecule has 0 heterocycles. The highest BCUT2D eigenvalue weighted by Crippen LogP contribution is 2.45. The van der Waals surface area contributed by atoms with E-state index in [0.29, 0.717) is 19.3 Å². The molecular weight excluding hydrogens is 1410 g/mol. The molecule has 0 saturated heterocycles. The summed E-state index contributed by atoms with van der Waals surface area (Å²) in [4.78, 5) is 58.8. The van der Waals surface area contributed by atoms with E-state index in [2.05, 4.69) is 154 Å². The molecule has 0 fully saturated rings. The lowest BCUT2D eigenvalue weighted by atomic mass is 10.0. The van der Waals surface area contributed by atoms with Crippen molar-refractivity contribution in [3.63, 3.8) is 0 Å². The number of carbonyl (C=O) groups is 3. The number of aliphatic hydroxyl groups is 2. The number of phosphoric ester groups is 2. The zero-order chi connectivity index (χ0) is 79.4. The summed E-state index contributed by atoms with van der Waals surface area (Å²) in [5.74, 6) is -1.56. The Balaban J connectivity index is 4.50. The molecule has 0 aromatic carbocycles. The molecule has 109 heavy (non-hydrogen) atoms. The summed E-state index contributed by atoms with van der Waals surface area (Å²) in [5, 5.41) is 20.7. The van der Waals surface area contributed by atoms with Crippen LogP contribution in [-0.2, 0) is 55.8 Å². The van der Waals surface area contributed by atoms with Gasteiger partial charge in [-0.2, -0.15) is 0 Å². The number of unbranched alkanes of at least 4 members (excludes halogenated alkanes) is 37. The fourth-order valence-corrected chi connectivity index (χ4v) is 13.4. The first-order chi connectivity index (χ1) is 53.2. The molecule has 0 aliphatic rings. The van der Waals surface area contributed by atoms with Crippen molar-refractivity contribution in [2.75, 3.05) is 39.6 Å². The van der Waals surface area contributed by atoms with Gasteiger partial charge in [0.05, 0.1) is 26.4 Å². The second-order valence-electron chi connectivity index (χ2n) is 28.9. The van der Waals surface area contributed by atoms with Crippen molar-refractivity contribution in [1.29, 1.82) is 0 Å². The van der Waals surface area contributed by atoms with Gasteiger partial charge in [0.2, 0.25) is 0 Å². The maximum atomic E-state index is 13.0. The minimum absolute atomic E-state index is 0.107. The van der Waals surface area contributed by atoms with Crippen LogP contribution >= 0.6 is 15.6 Å². The summed E-state index contributed by atoms with van der Waals surface area (Å²) in [6.45, 7) is 2.50. The van der Waals surface area contributed by atoms with E-state index in [1.165, 1.54) is 154 Å². The number of rotatable bonds is 82. The Labute approximate surface area is 665 Å². The molecule has 5 unspecified atom stereocenters. The number of phosphoric acid groups is 2. The molecule has 4 N–H and O–H groups in total. The fourth-order valence-electron chi connectivity index (χ4n) is 11.8. The second kappa shape index (κ2) is 83.1. The van der Waals surface area contributed by atoms with E-state index in [4.69, 9.17) is 32.3 Å². The molecule has 0 aliphatic heterocycles. The van der Waals surface area contributed by atoms with E-state index in [1.807, 2.05) is 0 Å². The molecule has 0 aromatic rings. The lowest BCUT2D eigenvalue weighted by Crippen LogP contribution is -2.30. The van der Waals surface area contributed by atoms with Crippen molar-refractivity contribution in [3.05, 3.63) is 134 Å². The van der Waals surface area contributed by atoms with E-state index in [0.717, 1.165) is 154 Å². The van der Waals surface area contributed by atoms with Crippen LogP contribution < -0.4 is 0 Å². The van der Waals surface area contributed by atoms with Gasteiger partial charge in [-0.05, 0) is 116 Å². The van der Waals surface area contributed by atoms with Crippen LogP contribution in [0.25, 0.3) is 0 Å². The summed E-state index contributed by atoms with van der Waals surface area (Å²) in [5.41, 5.74) is 0. The Bertz CT molecular complexity index is 2510. The highest BCUT2D eigenvalue weighted by molar-refractivity contribution is 7.47. The Kier molecular flexibility index (Phi) is 79.8. The van der Waals surface area contributed by atoms with Gasteiger partial charge >= 0.3 is 33.6 Å². The monoisotopic (exact) mass is 1570 g/mol. The van der Waals surface area contributed by atoms with Crippen molar-refractivity contribution >= 4 is 33.6 Å². The van der Waals surface area contributed by atoms with Gasteiger partial charge in [0.15, 0.2) is 6.10 Å². The van der Waals surface area contributed by atoms with Crippen LogP contribution in [0, 0.1) is 0 Å².